The molecule has 0 unspecified atom stereocenters. The fourth-order valence-electron chi connectivity index (χ4n) is 3.35. The minimum atomic E-state index is 0.809. The molecule has 0 saturated carbocycles. The summed E-state index contributed by atoms with van der Waals surface area (Å²) in [4.78, 5) is 2.44. The smallest absolute Gasteiger partial charge is 0.185 e. The van der Waals surface area contributed by atoms with Gasteiger partial charge in [0.25, 0.3) is 0 Å². The van der Waals surface area contributed by atoms with Gasteiger partial charge in [-0.3, -0.25) is 9.47 Å². The second-order valence-electron chi connectivity index (χ2n) is 6.33. The molecule has 4 nitrogen and oxygen atoms in total. The minimum absolute atomic E-state index is 0.809. The van der Waals surface area contributed by atoms with Crippen molar-refractivity contribution >= 4 is 12.2 Å². The van der Waals surface area contributed by atoms with E-state index in [4.69, 9.17) is 17.0 Å². The number of imidazole rings is 1. The predicted octanol–water partition coefficient (Wildman–Crippen LogP) is 4.03. The molecule has 0 aliphatic carbocycles. The minimum Gasteiger partial charge on any atom is -0.497 e. The van der Waals surface area contributed by atoms with Gasteiger partial charge in [0.15, 0.2) is 4.77 Å². The Morgan fingerprint density at radius 1 is 1.00 bits per heavy atom. The molecule has 1 aliphatic rings. The lowest BCUT2D eigenvalue weighted by molar-refractivity contribution is 0.198. The van der Waals surface area contributed by atoms with E-state index in [9.17, 15) is 0 Å². The molecule has 25 heavy (non-hydrogen) atoms. The zero-order valence-corrected chi connectivity index (χ0v) is 15.1. The van der Waals surface area contributed by atoms with Gasteiger partial charge in [-0.2, -0.15) is 0 Å². The SMILES string of the molecule is COc1ccc(-n2ccn(CN3CCc4ccccc4C3)c2=S)cc1. The highest BCUT2D eigenvalue weighted by Crippen LogP contribution is 2.20. The topological polar surface area (TPSA) is 22.3 Å². The van der Waals surface area contributed by atoms with E-state index in [0.717, 1.165) is 42.4 Å². The molecule has 3 aromatic rings. The van der Waals surface area contributed by atoms with Crippen molar-refractivity contribution in [3.05, 3.63) is 76.8 Å². The summed E-state index contributed by atoms with van der Waals surface area (Å²) in [5, 5.41) is 0. The average molecular weight is 351 g/mol. The van der Waals surface area contributed by atoms with Crippen LogP contribution in [0.2, 0.25) is 0 Å². The van der Waals surface area contributed by atoms with E-state index >= 15 is 0 Å². The lowest BCUT2D eigenvalue weighted by Crippen LogP contribution is -2.32. The van der Waals surface area contributed by atoms with Gasteiger partial charge in [0.05, 0.1) is 13.8 Å². The standard InChI is InChI=1S/C20H21N3OS/c1-24-19-8-6-18(7-9-19)23-13-12-22(20(23)25)15-21-11-10-16-4-2-3-5-17(16)14-21/h2-9,12-13H,10-11,14-15H2,1H3. The van der Waals surface area contributed by atoms with Gasteiger partial charge in [0, 0.05) is 31.2 Å². The molecule has 4 rings (SSSR count). The molecule has 0 amide bonds. The van der Waals surface area contributed by atoms with Crippen LogP contribution >= 0.6 is 12.2 Å². The van der Waals surface area contributed by atoms with Gasteiger partial charge in [-0.1, -0.05) is 24.3 Å². The number of fused-ring (bicyclic) bond motifs is 1. The Balaban J connectivity index is 1.53. The largest absolute Gasteiger partial charge is 0.497 e. The summed E-state index contributed by atoms with van der Waals surface area (Å²) in [5.74, 6) is 0.849. The maximum Gasteiger partial charge on any atom is 0.185 e. The summed E-state index contributed by atoms with van der Waals surface area (Å²) >= 11 is 5.68. The van der Waals surface area contributed by atoms with Crippen molar-refractivity contribution in [3.63, 3.8) is 0 Å². The molecule has 0 atom stereocenters. The Morgan fingerprint density at radius 2 is 1.76 bits per heavy atom. The van der Waals surface area contributed by atoms with Crippen molar-refractivity contribution in [2.45, 2.75) is 19.6 Å². The molecule has 0 N–H and O–H groups in total. The van der Waals surface area contributed by atoms with Gasteiger partial charge >= 0.3 is 0 Å². The highest BCUT2D eigenvalue weighted by Gasteiger charge is 2.16. The van der Waals surface area contributed by atoms with Crippen molar-refractivity contribution in [2.24, 2.45) is 0 Å². The molecule has 0 radical (unpaired) electrons. The summed E-state index contributed by atoms with van der Waals surface area (Å²) < 4.78 is 10.2. The van der Waals surface area contributed by atoms with Crippen LogP contribution in [0.1, 0.15) is 11.1 Å². The van der Waals surface area contributed by atoms with E-state index in [0.29, 0.717) is 0 Å². The number of rotatable bonds is 4. The quantitative estimate of drug-likeness (QED) is 0.663. The third kappa shape index (κ3) is 3.25. The van der Waals surface area contributed by atoms with Gasteiger partial charge in [-0.25, -0.2) is 0 Å². The lowest BCUT2D eigenvalue weighted by atomic mass is 10.0. The molecule has 0 bridgehead atoms. The number of hydrogen-bond acceptors (Lipinski definition) is 3. The van der Waals surface area contributed by atoms with E-state index in [1.807, 2.05) is 35.0 Å². The summed E-state index contributed by atoms with van der Waals surface area (Å²) in [7, 11) is 1.67. The van der Waals surface area contributed by atoms with Crippen molar-refractivity contribution in [1.82, 2.24) is 14.0 Å². The van der Waals surface area contributed by atoms with Gasteiger partial charge in [0.2, 0.25) is 0 Å². The van der Waals surface area contributed by atoms with Crippen LogP contribution in [0.4, 0.5) is 0 Å². The molecule has 1 aliphatic heterocycles. The Labute approximate surface area is 152 Å². The maximum atomic E-state index is 5.68. The second-order valence-corrected chi connectivity index (χ2v) is 6.70. The van der Waals surface area contributed by atoms with Gasteiger partial charge in [-0.15, -0.1) is 0 Å². The molecule has 0 saturated heterocycles. The number of hydrogen-bond donors (Lipinski definition) is 0. The first-order valence-corrected chi connectivity index (χ1v) is 8.87. The van der Waals surface area contributed by atoms with Crippen LogP contribution < -0.4 is 4.74 Å². The maximum absolute atomic E-state index is 5.68. The lowest BCUT2D eigenvalue weighted by Gasteiger charge is -2.28. The number of ether oxygens (including phenoxy) is 1. The third-order valence-electron chi connectivity index (χ3n) is 4.76. The van der Waals surface area contributed by atoms with Crippen LogP contribution in [-0.4, -0.2) is 27.7 Å². The van der Waals surface area contributed by atoms with Crippen molar-refractivity contribution in [3.8, 4) is 11.4 Å². The summed E-state index contributed by atoms with van der Waals surface area (Å²) in [6.07, 6.45) is 5.19. The fourth-order valence-corrected chi connectivity index (χ4v) is 3.64. The van der Waals surface area contributed by atoms with E-state index < -0.39 is 0 Å². The second kappa shape index (κ2) is 6.86. The van der Waals surface area contributed by atoms with Crippen LogP contribution in [-0.2, 0) is 19.6 Å². The van der Waals surface area contributed by atoms with E-state index in [1.165, 1.54) is 11.1 Å². The monoisotopic (exact) mass is 351 g/mol. The molecule has 128 valence electrons. The zero-order valence-electron chi connectivity index (χ0n) is 14.3. The highest BCUT2D eigenvalue weighted by molar-refractivity contribution is 7.71. The predicted molar refractivity (Wildman–Crippen MR) is 102 cm³/mol. The third-order valence-corrected chi connectivity index (χ3v) is 5.19. The van der Waals surface area contributed by atoms with Gasteiger partial charge < -0.3 is 9.30 Å². The molecule has 2 heterocycles. The van der Waals surface area contributed by atoms with Gasteiger partial charge in [0.1, 0.15) is 5.75 Å². The molecular formula is C20H21N3OS. The average Bonchev–Trinajstić information content (AvgIpc) is 3.02. The van der Waals surface area contributed by atoms with Crippen LogP contribution in [0.15, 0.2) is 60.9 Å². The first-order chi connectivity index (χ1) is 12.2. The van der Waals surface area contributed by atoms with Crippen LogP contribution in [0, 0.1) is 4.77 Å². The molecular weight excluding hydrogens is 330 g/mol. The normalized spacial score (nSPS) is 14.3. The molecule has 0 fully saturated rings. The van der Waals surface area contributed by atoms with Crippen molar-refractivity contribution < 1.29 is 4.74 Å². The summed E-state index contributed by atoms with van der Waals surface area (Å²) in [6, 6.07) is 16.7. The molecule has 2 aromatic carbocycles. The van der Waals surface area contributed by atoms with Crippen LogP contribution in [0.5, 0.6) is 5.75 Å². The summed E-state index contributed by atoms with van der Waals surface area (Å²) in [6.45, 7) is 2.86. The molecule has 1 aromatic heterocycles. The Kier molecular flexibility index (Phi) is 4.42. The highest BCUT2D eigenvalue weighted by atomic mass is 32.1. The Bertz CT molecular complexity index is 927. The number of methoxy groups -OCH3 is 1. The van der Waals surface area contributed by atoms with Crippen molar-refractivity contribution in [1.29, 1.82) is 0 Å². The van der Waals surface area contributed by atoms with Crippen molar-refractivity contribution in [2.75, 3.05) is 13.7 Å². The van der Waals surface area contributed by atoms with E-state index in [-0.39, 0.29) is 0 Å². The first-order valence-electron chi connectivity index (χ1n) is 8.46. The Morgan fingerprint density at radius 3 is 2.52 bits per heavy atom. The van der Waals surface area contributed by atoms with E-state index in [1.54, 1.807) is 7.11 Å². The van der Waals surface area contributed by atoms with E-state index in [2.05, 4.69) is 39.9 Å². The summed E-state index contributed by atoms with van der Waals surface area (Å²) in [5.41, 5.74) is 3.95. The number of benzene rings is 2. The Hall–Kier alpha value is -2.37. The van der Waals surface area contributed by atoms with Gasteiger partial charge in [-0.05, 0) is 54.0 Å². The van der Waals surface area contributed by atoms with Crippen LogP contribution in [0.3, 0.4) is 0 Å². The molecule has 0 spiro atoms. The first kappa shape index (κ1) is 16.1. The zero-order chi connectivity index (χ0) is 17.2. The van der Waals surface area contributed by atoms with Crippen LogP contribution in [0.25, 0.3) is 5.69 Å². The number of nitrogens with zero attached hydrogens (tertiary/aromatic N) is 3. The molecule has 5 heteroatoms. The fraction of sp³-hybridized carbons (Fsp3) is 0.250. The number of aromatic nitrogens is 2.